The number of thioether (sulfide) groups is 1. The molecule has 3 saturated heterocycles. The Bertz CT molecular complexity index is 790. The summed E-state index contributed by atoms with van der Waals surface area (Å²) in [6.45, 7) is 1.04. The number of anilines is 1. The molecule has 3 aliphatic rings. The van der Waals surface area contributed by atoms with Gasteiger partial charge in [0, 0.05) is 31.7 Å². The third-order valence-corrected chi connectivity index (χ3v) is 6.02. The summed E-state index contributed by atoms with van der Waals surface area (Å²) in [6, 6.07) is 6.91. The van der Waals surface area contributed by atoms with Gasteiger partial charge in [-0.05, 0) is 24.3 Å². The summed E-state index contributed by atoms with van der Waals surface area (Å²) in [5, 5.41) is -0.237. The quantitative estimate of drug-likeness (QED) is 0.762. The number of imide groups is 1. The highest BCUT2D eigenvalue weighted by atomic mass is 32.2. The monoisotopic (exact) mass is 389 g/mol. The van der Waals surface area contributed by atoms with Crippen molar-refractivity contribution in [3.8, 4) is 5.75 Å². The number of hydrogen-bond acceptors (Lipinski definition) is 6. The molecule has 9 heteroatoms. The zero-order chi connectivity index (χ0) is 19.1. The van der Waals surface area contributed by atoms with Crippen LogP contribution in [0.1, 0.15) is 6.42 Å². The molecule has 1 aromatic rings. The minimum Gasteiger partial charge on any atom is -0.497 e. The highest BCUT2D eigenvalue weighted by Gasteiger charge is 2.46. The molecule has 4 amide bonds. The molecule has 0 N–H and O–H groups in total. The van der Waals surface area contributed by atoms with E-state index in [1.54, 1.807) is 41.2 Å². The maximum absolute atomic E-state index is 12.7. The molecule has 8 nitrogen and oxygen atoms in total. The second-order valence-electron chi connectivity index (χ2n) is 6.82. The van der Waals surface area contributed by atoms with E-state index in [0.29, 0.717) is 25.4 Å². The topological polar surface area (TPSA) is 87.2 Å². The Morgan fingerprint density at radius 2 is 1.78 bits per heavy atom. The van der Waals surface area contributed by atoms with Crippen molar-refractivity contribution in [1.82, 2.24) is 9.80 Å². The SMILES string of the molecule is COc1ccc(N2CC(C(=O)N3CC(N4C(=O)CSC4=O)C3)CC2=O)cc1. The molecule has 0 radical (unpaired) electrons. The van der Waals surface area contributed by atoms with Crippen LogP contribution >= 0.6 is 11.8 Å². The zero-order valence-corrected chi connectivity index (χ0v) is 15.6. The van der Waals surface area contributed by atoms with E-state index in [0.717, 1.165) is 17.4 Å². The van der Waals surface area contributed by atoms with Gasteiger partial charge in [0.2, 0.25) is 17.7 Å². The lowest BCUT2D eigenvalue weighted by Crippen LogP contribution is -2.63. The van der Waals surface area contributed by atoms with Crippen LogP contribution < -0.4 is 9.64 Å². The molecule has 0 bridgehead atoms. The highest BCUT2D eigenvalue weighted by Crippen LogP contribution is 2.31. The Morgan fingerprint density at radius 1 is 1.07 bits per heavy atom. The predicted octanol–water partition coefficient (Wildman–Crippen LogP) is 0.954. The fourth-order valence-electron chi connectivity index (χ4n) is 3.66. The van der Waals surface area contributed by atoms with Crippen molar-refractivity contribution in [3.63, 3.8) is 0 Å². The van der Waals surface area contributed by atoms with Crippen LogP contribution in [0.2, 0.25) is 0 Å². The number of methoxy groups -OCH3 is 1. The van der Waals surface area contributed by atoms with Crippen LogP contribution in [0, 0.1) is 5.92 Å². The molecule has 1 atom stereocenters. The van der Waals surface area contributed by atoms with Crippen molar-refractivity contribution in [2.45, 2.75) is 12.5 Å². The summed E-state index contributed by atoms with van der Waals surface area (Å²) in [6.07, 6.45) is 0.170. The van der Waals surface area contributed by atoms with Gasteiger partial charge in [-0.3, -0.25) is 24.1 Å². The molecule has 0 saturated carbocycles. The fourth-order valence-corrected chi connectivity index (χ4v) is 4.43. The van der Waals surface area contributed by atoms with Crippen LogP contribution in [-0.4, -0.2) is 71.3 Å². The Morgan fingerprint density at radius 3 is 2.37 bits per heavy atom. The number of hydrogen-bond donors (Lipinski definition) is 0. The number of ether oxygens (including phenoxy) is 1. The summed E-state index contributed by atoms with van der Waals surface area (Å²) < 4.78 is 5.12. The van der Waals surface area contributed by atoms with Gasteiger partial charge in [-0.2, -0.15) is 0 Å². The molecule has 3 aliphatic heterocycles. The lowest BCUT2D eigenvalue weighted by atomic mass is 10.0. The molecule has 3 fully saturated rings. The Labute approximate surface area is 160 Å². The maximum atomic E-state index is 12.7. The largest absolute Gasteiger partial charge is 0.497 e. The number of amides is 4. The summed E-state index contributed by atoms with van der Waals surface area (Å²) in [7, 11) is 1.58. The lowest BCUT2D eigenvalue weighted by Gasteiger charge is -2.43. The maximum Gasteiger partial charge on any atom is 0.289 e. The first-order chi connectivity index (χ1) is 13.0. The van der Waals surface area contributed by atoms with Crippen LogP contribution in [0.4, 0.5) is 10.5 Å². The number of carbonyl (C=O) groups excluding carboxylic acids is 4. The van der Waals surface area contributed by atoms with Gasteiger partial charge < -0.3 is 14.5 Å². The third-order valence-electron chi connectivity index (χ3n) is 5.18. The van der Waals surface area contributed by atoms with Crippen molar-refractivity contribution in [1.29, 1.82) is 0 Å². The molecule has 1 unspecified atom stereocenters. The summed E-state index contributed by atoms with van der Waals surface area (Å²) in [5.41, 5.74) is 0.739. The molecule has 4 rings (SSSR count). The smallest absolute Gasteiger partial charge is 0.289 e. The first-order valence-electron chi connectivity index (χ1n) is 8.70. The molecule has 0 aromatic heterocycles. The van der Waals surface area contributed by atoms with E-state index in [9.17, 15) is 19.2 Å². The number of nitrogens with zero attached hydrogens (tertiary/aromatic N) is 3. The molecular formula is C18H19N3O5S. The lowest BCUT2D eigenvalue weighted by molar-refractivity contribution is -0.145. The molecule has 142 valence electrons. The minimum atomic E-state index is -0.403. The summed E-state index contributed by atoms with van der Waals surface area (Å²) in [4.78, 5) is 53.1. The molecule has 1 aromatic carbocycles. The van der Waals surface area contributed by atoms with Crippen LogP contribution in [0.5, 0.6) is 5.75 Å². The first-order valence-corrected chi connectivity index (χ1v) is 9.68. The zero-order valence-electron chi connectivity index (χ0n) is 14.8. The number of likely N-dealkylation sites (tertiary alicyclic amines) is 1. The second-order valence-corrected chi connectivity index (χ2v) is 7.75. The van der Waals surface area contributed by atoms with E-state index in [2.05, 4.69) is 0 Å². The van der Waals surface area contributed by atoms with E-state index in [4.69, 9.17) is 4.74 Å². The summed E-state index contributed by atoms with van der Waals surface area (Å²) >= 11 is 1.00. The van der Waals surface area contributed by atoms with E-state index >= 15 is 0 Å². The predicted molar refractivity (Wildman–Crippen MR) is 98.5 cm³/mol. The average molecular weight is 389 g/mol. The van der Waals surface area contributed by atoms with Crippen molar-refractivity contribution in [3.05, 3.63) is 24.3 Å². The van der Waals surface area contributed by atoms with Gasteiger partial charge in [0.05, 0.1) is 24.8 Å². The van der Waals surface area contributed by atoms with Crippen LogP contribution in [0.25, 0.3) is 0 Å². The minimum absolute atomic E-state index is 0.0862. The van der Waals surface area contributed by atoms with E-state index < -0.39 is 5.92 Å². The molecular weight excluding hydrogens is 370 g/mol. The van der Waals surface area contributed by atoms with Crippen molar-refractivity contribution in [2.24, 2.45) is 5.92 Å². The Hall–Kier alpha value is -2.55. The summed E-state index contributed by atoms with van der Waals surface area (Å²) in [5.74, 6) is 0.105. The number of rotatable bonds is 4. The molecule has 0 aliphatic carbocycles. The molecule has 3 heterocycles. The number of carbonyl (C=O) groups is 4. The van der Waals surface area contributed by atoms with Crippen molar-refractivity contribution < 1.29 is 23.9 Å². The van der Waals surface area contributed by atoms with Gasteiger partial charge in [-0.25, -0.2) is 0 Å². The normalized spacial score (nSPS) is 23.2. The Balaban J connectivity index is 1.36. The van der Waals surface area contributed by atoms with Gasteiger partial charge in [-0.1, -0.05) is 11.8 Å². The molecule has 27 heavy (non-hydrogen) atoms. The third kappa shape index (κ3) is 3.16. The van der Waals surface area contributed by atoms with Crippen molar-refractivity contribution in [2.75, 3.05) is 37.4 Å². The average Bonchev–Trinajstić information content (AvgIpc) is 3.17. The van der Waals surface area contributed by atoms with Gasteiger partial charge in [0.25, 0.3) is 5.24 Å². The van der Waals surface area contributed by atoms with E-state index in [1.807, 2.05) is 0 Å². The van der Waals surface area contributed by atoms with Crippen molar-refractivity contribution >= 4 is 40.4 Å². The highest BCUT2D eigenvalue weighted by molar-refractivity contribution is 8.14. The standard InChI is InChI=1S/C18H19N3O5S/c1-26-14-4-2-12(3-5-14)20-7-11(6-15(20)22)17(24)19-8-13(9-19)21-16(23)10-27-18(21)25/h2-5,11,13H,6-10H2,1H3. The second kappa shape index (κ2) is 6.88. The van der Waals surface area contributed by atoms with Gasteiger partial charge in [-0.15, -0.1) is 0 Å². The Kier molecular flexibility index (Phi) is 4.55. The van der Waals surface area contributed by atoms with Gasteiger partial charge in [0.15, 0.2) is 0 Å². The van der Waals surface area contributed by atoms with Gasteiger partial charge >= 0.3 is 0 Å². The number of benzene rings is 1. The van der Waals surface area contributed by atoms with Crippen LogP contribution in [0.3, 0.4) is 0 Å². The van der Waals surface area contributed by atoms with E-state index in [1.165, 1.54) is 4.90 Å². The van der Waals surface area contributed by atoms with Gasteiger partial charge in [0.1, 0.15) is 5.75 Å². The van der Waals surface area contributed by atoms with E-state index in [-0.39, 0.29) is 41.2 Å². The van der Waals surface area contributed by atoms with Crippen LogP contribution in [0.15, 0.2) is 24.3 Å². The first kappa shape index (κ1) is 17.8. The van der Waals surface area contributed by atoms with Crippen LogP contribution in [-0.2, 0) is 14.4 Å². The molecule has 0 spiro atoms. The fraction of sp³-hybridized carbons (Fsp3) is 0.444.